The van der Waals surface area contributed by atoms with Gasteiger partial charge in [0.05, 0.1) is 12.2 Å². The minimum atomic E-state index is 0.123. The summed E-state index contributed by atoms with van der Waals surface area (Å²) < 4.78 is 10.8. The molecule has 0 aromatic rings. The molecule has 3 fully saturated rings. The monoisotopic (exact) mass is 394 g/mol. The van der Waals surface area contributed by atoms with Gasteiger partial charge in [-0.15, -0.1) is 0 Å². The Kier molecular flexibility index (Phi) is 8.15. The molecule has 0 heterocycles. The van der Waals surface area contributed by atoms with Crippen LogP contribution in [-0.4, -0.2) is 50.3 Å². The lowest BCUT2D eigenvalue weighted by molar-refractivity contribution is -0.128. The largest absolute Gasteiger partial charge is 0.381 e. The Hall–Kier alpha value is -1.14. The highest BCUT2D eigenvalue weighted by atomic mass is 16.5. The Bertz CT molecular complexity index is 467. The number of amides is 2. The minimum absolute atomic E-state index is 0.123. The predicted molar refractivity (Wildman–Crippen MR) is 108 cm³/mol. The number of methoxy groups -OCH3 is 2. The van der Waals surface area contributed by atoms with E-state index in [2.05, 4.69) is 10.6 Å². The molecule has 6 heteroatoms. The van der Waals surface area contributed by atoms with Crippen molar-refractivity contribution < 1.29 is 19.1 Å². The lowest BCUT2D eigenvalue weighted by Gasteiger charge is -2.34. The highest BCUT2D eigenvalue weighted by Gasteiger charge is 2.32. The number of carbonyl (C=O) groups excluding carboxylic acids is 2. The molecule has 160 valence electrons. The van der Waals surface area contributed by atoms with Gasteiger partial charge in [-0.2, -0.15) is 0 Å². The van der Waals surface area contributed by atoms with Gasteiger partial charge in [-0.05, 0) is 77.0 Å². The van der Waals surface area contributed by atoms with Crippen LogP contribution in [0.4, 0.5) is 0 Å². The van der Waals surface area contributed by atoms with E-state index in [4.69, 9.17) is 9.47 Å². The number of carbonyl (C=O) groups is 2. The van der Waals surface area contributed by atoms with Crippen LogP contribution >= 0.6 is 0 Å². The fourth-order valence-corrected chi connectivity index (χ4v) is 5.21. The van der Waals surface area contributed by atoms with Crippen LogP contribution < -0.4 is 10.6 Å². The molecule has 2 amide bonds. The smallest absolute Gasteiger partial charge is 0.223 e. The summed E-state index contributed by atoms with van der Waals surface area (Å²) in [4.78, 5) is 25.3. The van der Waals surface area contributed by atoms with Crippen LogP contribution in [0.25, 0.3) is 0 Å². The average molecular weight is 395 g/mol. The molecular weight excluding hydrogens is 356 g/mol. The number of rotatable bonds is 6. The Morgan fingerprint density at radius 3 is 1.39 bits per heavy atom. The van der Waals surface area contributed by atoms with Crippen LogP contribution in [0.2, 0.25) is 0 Å². The van der Waals surface area contributed by atoms with Crippen LogP contribution in [0.5, 0.6) is 0 Å². The number of hydrogen-bond donors (Lipinski definition) is 2. The van der Waals surface area contributed by atoms with Crippen LogP contribution in [0.1, 0.15) is 77.0 Å². The molecule has 2 atom stereocenters. The molecule has 3 rings (SSSR count). The van der Waals surface area contributed by atoms with E-state index < -0.39 is 0 Å². The van der Waals surface area contributed by atoms with Gasteiger partial charge in [0.15, 0.2) is 0 Å². The molecule has 0 aromatic heterocycles. The van der Waals surface area contributed by atoms with Crippen LogP contribution in [-0.2, 0) is 19.1 Å². The van der Waals surface area contributed by atoms with E-state index in [0.717, 1.165) is 77.0 Å². The lowest BCUT2D eigenvalue weighted by Crippen LogP contribution is -2.48. The fourth-order valence-electron chi connectivity index (χ4n) is 5.21. The van der Waals surface area contributed by atoms with Crippen molar-refractivity contribution in [3.05, 3.63) is 0 Å². The van der Waals surface area contributed by atoms with Crippen molar-refractivity contribution in [2.75, 3.05) is 14.2 Å². The SMILES string of the molecule is COC1CCC(C(=O)NC2CCCC(NC(=O)C3CCC(OC)CC3)C2)CC1. The van der Waals surface area contributed by atoms with Crippen LogP contribution in [0.3, 0.4) is 0 Å². The fraction of sp³-hybridized carbons (Fsp3) is 0.909. The molecule has 0 radical (unpaired) electrons. The zero-order valence-electron chi connectivity index (χ0n) is 17.6. The summed E-state index contributed by atoms with van der Waals surface area (Å²) >= 11 is 0. The molecule has 0 bridgehead atoms. The normalized spacial score (nSPS) is 36.5. The van der Waals surface area contributed by atoms with Crippen molar-refractivity contribution in [3.63, 3.8) is 0 Å². The third-order valence-electron chi connectivity index (χ3n) is 7.12. The first-order valence-corrected chi connectivity index (χ1v) is 11.2. The standard InChI is InChI=1S/C22H38N2O4/c1-27-19-10-6-15(7-11-19)21(25)23-17-4-3-5-18(14-17)24-22(26)16-8-12-20(28-2)13-9-16/h15-20H,3-14H2,1-2H3,(H,23,25)(H,24,26). The van der Waals surface area contributed by atoms with Crippen molar-refractivity contribution in [1.29, 1.82) is 0 Å². The maximum Gasteiger partial charge on any atom is 0.223 e. The second-order valence-corrected chi connectivity index (χ2v) is 9.00. The van der Waals surface area contributed by atoms with Crippen molar-refractivity contribution >= 4 is 11.8 Å². The highest BCUT2D eigenvalue weighted by molar-refractivity contribution is 5.79. The highest BCUT2D eigenvalue weighted by Crippen LogP contribution is 2.28. The zero-order valence-corrected chi connectivity index (χ0v) is 17.6. The summed E-state index contributed by atoms with van der Waals surface area (Å²) in [5.41, 5.74) is 0. The second kappa shape index (κ2) is 10.6. The summed E-state index contributed by atoms with van der Waals surface area (Å²) in [7, 11) is 3.51. The van der Waals surface area contributed by atoms with Gasteiger partial charge in [0, 0.05) is 38.1 Å². The van der Waals surface area contributed by atoms with Crippen molar-refractivity contribution in [3.8, 4) is 0 Å². The summed E-state index contributed by atoms with van der Waals surface area (Å²) in [6.45, 7) is 0. The first-order chi connectivity index (χ1) is 13.6. The molecular formula is C22H38N2O4. The van der Waals surface area contributed by atoms with E-state index in [1.807, 2.05) is 0 Å². The number of hydrogen-bond acceptors (Lipinski definition) is 4. The van der Waals surface area contributed by atoms with E-state index in [-0.39, 0.29) is 35.7 Å². The molecule has 28 heavy (non-hydrogen) atoms. The van der Waals surface area contributed by atoms with E-state index in [1.54, 1.807) is 14.2 Å². The molecule has 2 N–H and O–H groups in total. The van der Waals surface area contributed by atoms with E-state index in [0.29, 0.717) is 12.2 Å². The quantitative estimate of drug-likeness (QED) is 0.726. The maximum atomic E-state index is 12.6. The van der Waals surface area contributed by atoms with Gasteiger partial charge in [0.1, 0.15) is 0 Å². The zero-order chi connectivity index (χ0) is 19.9. The van der Waals surface area contributed by atoms with Crippen LogP contribution in [0, 0.1) is 11.8 Å². The summed E-state index contributed by atoms with van der Waals surface area (Å²) in [5, 5.41) is 6.54. The molecule has 0 aromatic carbocycles. The average Bonchev–Trinajstić information content (AvgIpc) is 2.74. The molecule has 0 spiro atoms. The molecule has 3 saturated carbocycles. The summed E-state index contributed by atoms with van der Waals surface area (Å²) in [5.74, 6) is 0.642. The Labute approximate surface area is 169 Å². The van der Waals surface area contributed by atoms with E-state index in [1.165, 1.54) is 0 Å². The van der Waals surface area contributed by atoms with E-state index in [9.17, 15) is 9.59 Å². The summed E-state index contributed by atoms with van der Waals surface area (Å²) in [6, 6.07) is 0.381. The van der Waals surface area contributed by atoms with Gasteiger partial charge < -0.3 is 20.1 Å². The topological polar surface area (TPSA) is 76.7 Å². The van der Waals surface area contributed by atoms with Gasteiger partial charge in [0.25, 0.3) is 0 Å². The molecule has 3 aliphatic carbocycles. The Balaban J connectivity index is 1.40. The predicted octanol–water partition coefficient (Wildman–Crippen LogP) is 2.94. The van der Waals surface area contributed by atoms with Gasteiger partial charge in [0.2, 0.25) is 11.8 Å². The van der Waals surface area contributed by atoms with Crippen LogP contribution in [0.15, 0.2) is 0 Å². The van der Waals surface area contributed by atoms with Crippen molar-refractivity contribution in [1.82, 2.24) is 10.6 Å². The first-order valence-electron chi connectivity index (χ1n) is 11.2. The second-order valence-electron chi connectivity index (χ2n) is 9.00. The minimum Gasteiger partial charge on any atom is -0.381 e. The Morgan fingerprint density at radius 1 is 0.643 bits per heavy atom. The molecule has 0 saturated heterocycles. The lowest BCUT2D eigenvalue weighted by atomic mass is 9.84. The van der Waals surface area contributed by atoms with Gasteiger partial charge in [-0.1, -0.05) is 0 Å². The molecule has 0 aliphatic heterocycles. The van der Waals surface area contributed by atoms with Gasteiger partial charge in [-0.25, -0.2) is 0 Å². The number of nitrogens with one attached hydrogen (secondary N) is 2. The molecule has 6 nitrogen and oxygen atoms in total. The van der Waals surface area contributed by atoms with Gasteiger partial charge >= 0.3 is 0 Å². The number of ether oxygens (including phenoxy) is 2. The van der Waals surface area contributed by atoms with Crippen molar-refractivity contribution in [2.24, 2.45) is 11.8 Å². The third kappa shape index (κ3) is 5.93. The third-order valence-corrected chi connectivity index (χ3v) is 7.12. The maximum absolute atomic E-state index is 12.6. The summed E-state index contributed by atoms with van der Waals surface area (Å²) in [6.07, 6.45) is 12.2. The van der Waals surface area contributed by atoms with Gasteiger partial charge in [-0.3, -0.25) is 9.59 Å². The van der Waals surface area contributed by atoms with Crippen molar-refractivity contribution in [2.45, 2.75) is 101 Å². The molecule has 2 unspecified atom stereocenters. The first kappa shape index (κ1) is 21.6. The molecule has 3 aliphatic rings. The Morgan fingerprint density at radius 2 is 1.04 bits per heavy atom. The van der Waals surface area contributed by atoms with E-state index >= 15 is 0 Å².